The van der Waals surface area contributed by atoms with Gasteiger partial charge in [-0.2, -0.15) is 0 Å². The number of benzene rings is 1. The molecule has 0 spiro atoms. The second-order valence-corrected chi connectivity index (χ2v) is 6.54. The quantitative estimate of drug-likeness (QED) is 0.580. The highest BCUT2D eigenvalue weighted by Gasteiger charge is 2.31. The second-order valence-electron chi connectivity index (χ2n) is 6.54. The molecule has 0 bridgehead atoms. The molecule has 138 valence electrons. The number of ether oxygens (including phenoxy) is 1. The van der Waals surface area contributed by atoms with Gasteiger partial charge in [0.2, 0.25) is 5.91 Å². The maximum Gasteiger partial charge on any atom is 0.315 e. The normalized spacial score (nSPS) is 17.0. The fourth-order valence-electron chi connectivity index (χ4n) is 2.82. The Morgan fingerprint density at radius 1 is 1.32 bits per heavy atom. The molecule has 1 aromatic carbocycles. The minimum atomic E-state index is -0.208. The van der Waals surface area contributed by atoms with Gasteiger partial charge < -0.3 is 25.2 Å². The molecule has 1 aliphatic rings. The fraction of sp³-hybridized carbons (Fsp3) is 0.556. The van der Waals surface area contributed by atoms with Crippen LogP contribution in [-0.2, 0) is 4.79 Å². The summed E-state index contributed by atoms with van der Waals surface area (Å²) in [6.45, 7) is 4.68. The third-order valence-electron chi connectivity index (χ3n) is 4.06. The van der Waals surface area contributed by atoms with Gasteiger partial charge in [0.1, 0.15) is 5.75 Å². The molecule has 1 saturated heterocycles. The number of carbonyl (C=O) groups excluding carboxylic acids is 2. The minimum Gasteiger partial charge on any atom is -0.494 e. The van der Waals surface area contributed by atoms with Crippen LogP contribution >= 0.6 is 0 Å². The van der Waals surface area contributed by atoms with Crippen LogP contribution < -0.4 is 25.2 Å². The lowest BCUT2D eigenvalue weighted by atomic mass is 10.2. The topological polar surface area (TPSA) is 75.1 Å². The molecule has 0 radical (unpaired) electrons. The zero-order valence-corrected chi connectivity index (χ0v) is 15.3. The van der Waals surface area contributed by atoms with Crippen LogP contribution in [0, 0.1) is 0 Å². The summed E-state index contributed by atoms with van der Waals surface area (Å²) in [6, 6.07) is 7.07. The summed E-state index contributed by atoms with van der Waals surface area (Å²) in [6.07, 6.45) is 1.25. The summed E-state index contributed by atoms with van der Waals surface area (Å²) >= 11 is 0. The van der Waals surface area contributed by atoms with E-state index in [0.717, 1.165) is 24.4 Å². The van der Waals surface area contributed by atoms with Crippen molar-refractivity contribution < 1.29 is 19.2 Å². The number of hydrogen-bond donors (Lipinski definition) is 3. The molecule has 7 heteroatoms. The van der Waals surface area contributed by atoms with Crippen LogP contribution in [0.4, 0.5) is 10.5 Å². The Hall–Kier alpha value is -2.28. The van der Waals surface area contributed by atoms with Gasteiger partial charge >= 0.3 is 6.03 Å². The van der Waals surface area contributed by atoms with Crippen molar-refractivity contribution in [2.75, 3.05) is 45.2 Å². The lowest BCUT2D eigenvalue weighted by Crippen LogP contribution is -3.05. The number of quaternary nitrogens is 1. The molecule has 3 N–H and O–H groups in total. The van der Waals surface area contributed by atoms with Gasteiger partial charge in [0.05, 0.1) is 33.3 Å². The van der Waals surface area contributed by atoms with Crippen molar-refractivity contribution in [3.8, 4) is 5.75 Å². The van der Waals surface area contributed by atoms with Crippen molar-refractivity contribution in [1.82, 2.24) is 10.6 Å². The predicted octanol–water partition coefficient (Wildman–Crippen LogP) is 0.0244. The van der Waals surface area contributed by atoms with Gasteiger partial charge in [-0.1, -0.05) is 0 Å². The van der Waals surface area contributed by atoms with Crippen molar-refractivity contribution in [2.45, 2.75) is 25.8 Å². The minimum absolute atomic E-state index is 0.0191. The number of amides is 3. The summed E-state index contributed by atoms with van der Waals surface area (Å²) < 4.78 is 5.42. The number of rotatable bonds is 8. The van der Waals surface area contributed by atoms with E-state index < -0.39 is 0 Å². The summed E-state index contributed by atoms with van der Waals surface area (Å²) in [4.78, 5) is 27.2. The van der Waals surface area contributed by atoms with E-state index in [4.69, 9.17) is 4.74 Å². The summed E-state index contributed by atoms with van der Waals surface area (Å²) in [5, 5.41) is 5.73. The molecule has 2 rings (SSSR count). The van der Waals surface area contributed by atoms with Crippen molar-refractivity contribution in [3.63, 3.8) is 0 Å². The number of anilines is 1. The lowest BCUT2D eigenvalue weighted by Gasteiger charge is -2.18. The van der Waals surface area contributed by atoms with Gasteiger partial charge in [0, 0.05) is 31.6 Å². The van der Waals surface area contributed by atoms with E-state index in [1.165, 1.54) is 4.90 Å². The molecule has 3 amide bonds. The average Bonchev–Trinajstić information content (AvgIpc) is 2.93. The Kier molecular flexibility index (Phi) is 7.06. The van der Waals surface area contributed by atoms with Crippen molar-refractivity contribution >= 4 is 17.6 Å². The smallest absolute Gasteiger partial charge is 0.315 e. The predicted molar refractivity (Wildman–Crippen MR) is 97.2 cm³/mol. The first-order chi connectivity index (χ1) is 12.0. The monoisotopic (exact) mass is 349 g/mol. The molecule has 1 heterocycles. The third kappa shape index (κ3) is 5.94. The van der Waals surface area contributed by atoms with Gasteiger partial charge in [-0.3, -0.25) is 4.79 Å². The van der Waals surface area contributed by atoms with Crippen LogP contribution in [0.3, 0.4) is 0 Å². The molecule has 0 aliphatic carbocycles. The van der Waals surface area contributed by atoms with Crippen LogP contribution in [0.5, 0.6) is 5.75 Å². The number of nitrogens with one attached hydrogen (secondary N) is 3. The van der Waals surface area contributed by atoms with Crippen molar-refractivity contribution in [3.05, 3.63) is 24.3 Å². The van der Waals surface area contributed by atoms with E-state index in [-0.39, 0.29) is 18.0 Å². The van der Waals surface area contributed by atoms with Crippen LogP contribution in [0.25, 0.3) is 0 Å². The Labute approximate surface area is 149 Å². The Morgan fingerprint density at radius 3 is 2.68 bits per heavy atom. The second kappa shape index (κ2) is 9.27. The molecule has 0 aromatic heterocycles. The van der Waals surface area contributed by atoms with Gasteiger partial charge in [-0.25, -0.2) is 4.79 Å². The highest BCUT2D eigenvalue weighted by atomic mass is 16.5. The molecule has 7 nitrogen and oxygen atoms in total. The molecule has 1 atom stereocenters. The van der Waals surface area contributed by atoms with E-state index in [1.807, 2.05) is 31.2 Å². The SMILES string of the molecule is CCOc1ccc(N2C[C@@H](NC(=O)NCCC[NH+](C)C)CC2=O)cc1. The van der Waals surface area contributed by atoms with Crippen molar-refractivity contribution in [2.24, 2.45) is 0 Å². The summed E-state index contributed by atoms with van der Waals surface area (Å²) in [5.41, 5.74) is 0.826. The van der Waals surface area contributed by atoms with E-state index in [1.54, 1.807) is 4.90 Å². The molecule has 0 saturated carbocycles. The first-order valence-corrected chi connectivity index (χ1v) is 8.86. The van der Waals surface area contributed by atoms with Crippen LogP contribution in [0.1, 0.15) is 19.8 Å². The fourth-order valence-corrected chi connectivity index (χ4v) is 2.82. The van der Waals surface area contributed by atoms with Crippen LogP contribution in [0.15, 0.2) is 24.3 Å². The standard InChI is InChI=1S/C18H28N4O3/c1-4-25-16-8-6-15(7-9-16)22-13-14(12-17(22)23)20-18(24)19-10-5-11-21(2)3/h6-9,14H,4-5,10-13H2,1-3H3,(H2,19,20,24)/p+1/t14-/m0/s1. The number of urea groups is 1. The Bertz CT molecular complexity index is 574. The molecular weight excluding hydrogens is 320 g/mol. The van der Waals surface area contributed by atoms with E-state index in [0.29, 0.717) is 26.1 Å². The zero-order chi connectivity index (χ0) is 18.2. The molecule has 1 fully saturated rings. The zero-order valence-electron chi connectivity index (χ0n) is 15.3. The van der Waals surface area contributed by atoms with Crippen LogP contribution in [-0.4, -0.2) is 58.3 Å². The molecule has 25 heavy (non-hydrogen) atoms. The Balaban J connectivity index is 1.80. The molecular formula is C18H29N4O3+. The summed E-state index contributed by atoms with van der Waals surface area (Å²) in [5.74, 6) is 0.803. The van der Waals surface area contributed by atoms with Crippen molar-refractivity contribution in [1.29, 1.82) is 0 Å². The summed E-state index contributed by atoms with van der Waals surface area (Å²) in [7, 11) is 4.17. The number of carbonyl (C=O) groups is 2. The maximum absolute atomic E-state index is 12.2. The molecule has 1 aliphatic heterocycles. The highest BCUT2D eigenvalue weighted by molar-refractivity contribution is 5.96. The first-order valence-electron chi connectivity index (χ1n) is 8.86. The van der Waals surface area contributed by atoms with Gasteiger partial charge in [0.25, 0.3) is 0 Å². The van der Waals surface area contributed by atoms with Crippen LogP contribution in [0.2, 0.25) is 0 Å². The third-order valence-corrected chi connectivity index (χ3v) is 4.06. The molecule has 0 unspecified atom stereocenters. The molecule has 1 aromatic rings. The van der Waals surface area contributed by atoms with Gasteiger partial charge in [-0.15, -0.1) is 0 Å². The maximum atomic E-state index is 12.2. The van der Waals surface area contributed by atoms with Gasteiger partial charge in [-0.05, 0) is 31.2 Å². The van der Waals surface area contributed by atoms with E-state index >= 15 is 0 Å². The number of hydrogen-bond acceptors (Lipinski definition) is 3. The lowest BCUT2D eigenvalue weighted by molar-refractivity contribution is -0.858. The van der Waals surface area contributed by atoms with E-state index in [9.17, 15) is 9.59 Å². The number of nitrogens with zero attached hydrogens (tertiary/aromatic N) is 1. The largest absolute Gasteiger partial charge is 0.494 e. The Morgan fingerprint density at radius 2 is 2.04 bits per heavy atom. The van der Waals surface area contributed by atoms with Gasteiger partial charge in [0.15, 0.2) is 0 Å². The average molecular weight is 349 g/mol. The first kappa shape index (κ1) is 19.1. The van der Waals surface area contributed by atoms with E-state index in [2.05, 4.69) is 24.7 Å². The highest BCUT2D eigenvalue weighted by Crippen LogP contribution is 2.24.